The van der Waals surface area contributed by atoms with Gasteiger partial charge in [-0.3, -0.25) is 4.79 Å². The summed E-state index contributed by atoms with van der Waals surface area (Å²) in [5.74, 6) is -0.0581. The lowest BCUT2D eigenvalue weighted by molar-refractivity contribution is 0.482. The molecule has 3 N–H and O–H groups in total. The molecular formula is C21H15ClN2O2. The number of nitrogens with one attached hydrogen (secondary N) is 2. The van der Waals surface area contributed by atoms with Crippen molar-refractivity contribution in [2.24, 2.45) is 0 Å². The number of halogens is 1. The van der Waals surface area contributed by atoms with Gasteiger partial charge in [0.15, 0.2) is 0 Å². The van der Waals surface area contributed by atoms with Crippen LogP contribution in [-0.4, -0.2) is 10.1 Å². The van der Waals surface area contributed by atoms with Gasteiger partial charge >= 0.3 is 0 Å². The summed E-state index contributed by atoms with van der Waals surface area (Å²) in [6.45, 7) is 0. The molecule has 4 rings (SSSR count). The van der Waals surface area contributed by atoms with Crippen molar-refractivity contribution in [2.75, 3.05) is 5.32 Å². The summed E-state index contributed by atoms with van der Waals surface area (Å²) in [6.07, 6.45) is 0. The van der Waals surface area contributed by atoms with Crippen LogP contribution in [0, 0.1) is 0 Å². The van der Waals surface area contributed by atoms with Crippen LogP contribution in [0.5, 0.6) is 5.75 Å². The second-order valence-corrected chi connectivity index (χ2v) is 6.38. The van der Waals surface area contributed by atoms with Crippen molar-refractivity contribution in [1.29, 1.82) is 0 Å². The van der Waals surface area contributed by atoms with Crippen LogP contribution in [-0.2, 0) is 0 Å². The topological polar surface area (TPSA) is 65.1 Å². The van der Waals surface area contributed by atoms with Gasteiger partial charge in [-0.15, -0.1) is 0 Å². The Morgan fingerprint density at radius 1 is 0.885 bits per heavy atom. The van der Waals surface area contributed by atoms with Crippen molar-refractivity contribution < 1.29 is 5.11 Å². The molecule has 0 aliphatic carbocycles. The number of pyridine rings is 1. The quantitative estimate of drug-likeness (QED) is 0.463. The molecule has 1 aromatic heterocycles. The lowest BCUT2D eigenvalue weighted by Gasteiger charge is -2.11. The summed E-state index contributed by atoms with van der Waals surface area (Å²) in [5.41, 5.74) is 2.76. The van der Waals surface area contributed by atoms with Crippen molar-refractivity contribution in [3.8, 4) is 16.9 Å². The van der Waals surface area contributed by atoms with Gasteiger partial charge in [0.05, 0.1) is 11.1 Å². The number of anilines is 2. The molecule has 3 aromatic carbocycles. The monoisotopic (exact) mass is 362 g/mol. The fourth-order valence-electron chi connectivity index (χ4n) is 2.96. The van der Waals surface area contributed by atoms with Crippen molar-refractivity contribution >= 4 is 33.9 Å². The van der Waals surface area contributed by atoms with E-state index in [2.05, 4.69) is 10.3 Å². The lowest BCUT2D eigenvalue weighted by Crippen LogP contribution is -2.09. The molecule has 0 radical (unpaired) electrons. The van der Waals surface area contributed by atoms with Gasteiger partial charge in [-0.2, -0.15) is 0 Å². The maximum Gasteiger partial charge on any atom is 0.260 e. The number of aromatic hydroxyl groups is 1. The molecule has 0 atom stereocenters. The first-order valence-corrected chi connectivity index (χ1v) is 8.46. The van der Waals surface area contributed by atoms with E-state index in [0.717, 1.165) is 11.4 Å². The third kappa shape index (κ3) is 3.03. The smallest absolute Gasteiger partial charge is 0.260 e. The maximum atomic E-state index is 12.6. The fraction of sp³-hybridized carbons (Fsp3) is 0. The van der Waals surface area contributed by atoms with Crippen LogP contribution in [0.15, 0.2) is 77.6 Å². The molecule has 26 heavy (non-hydrogen) atoms. The molecule has 0 fully saturated rings. The van der Waals surface area contributed by atoms with E-state index >= 15 is 0 Å². The molecule has 1 heterocycles. The van der Waals surface area contributed by atoms with Crippen LogP contribution < -0.4 is 10.9 Å². The van der Waals surface area contributed by atoms with Gasteiger partial charge in [-0.05, 0) is 48.0 Å². The lowest BCUT2D eigenvalue weighted by atomic mass is 10.0. The van der Waals surface area contributed by atoms with E-state index in [-0.39, 0.29) is 16.9 Å². The molecule has 128 valence electrons. The van der Waals surface area contributed by atoms with Crippen LogP contribution in [0.3, 0.4) is 0 Å². The number of rotatable bonds is 3. The number of hydrogen-bond donors (Lipinski definition) is 3. The Hall–Kier alpha value is -3.24. The van der Waals surface area contributed by atoms with E-state index in [1.165, 1.54) is 0 Å². The highest BCUT2D eigenvalue weighted by molar-refractivity contribution is 6.31. The van der Waals surface area contributed by atoms with E-state index in [1.54, 1.807) is 24.3 Å². The van der Waals surface area contributed by atoms with Gasteiger partial charge in [0.1, 0.15) is 5.75 Å². The SMILES string of the molecule is O=c1[nH]c2cc(Cl)ccc2c(O)c1-c1cccc(Nc2ccccc2)c1. The zero-order chi connectivity index (χ0) is 18.1. The highest BCUT2D eigenvalue weighted by Crippen LogP contribution is 2.34. The summed E-state index contributed by atoms with van der Waals surface area (Å²) in [5, 5.41) is 15.0. The highest BCUT2D eigenvalue weighted by Gasteiger charge is 2.14. The van der Waals surface area contributed by atoms with Crippen LogP contribution in [0.2, 0.25) is 5.02 Å². The van der Waals surface area contributed by atoms with Gasteiger partial charge < -0.3 is 15.4 Å². The van der Waals surface area contributed by atoms with Gasteiger partial charge in [0.25, 0.3) is 5.56 Å². The van der Waals surface area contributed by atoms with Gasteiger partial charge in [-0.1, -0.05) is 41.9 Å². The molecule has 0 bridgehead atoms. The van der Waals surface area contributed by atoms with Crippen LogP contribution >= 0.6 is 11.6 Å². The first-order chi connectivity index (χ1) is 12.6. The molecule has 0 spiro atoms. The Labute approximate surface area is 154 Å². The number of aromatic nitrogens is 1. The molecule has 4 aromatic rings. The van der Waals surface area contributed by atoms with Gasteiger partial charge in [0.2, 0.25) is 0 Å². The second kappa shape index (κ2) is 6.58. The standard InChI is InChI=1S/C21H15ClN2O2/c22-14-9-10-17-18(12-14)24-21(26)19(20(17)25)13-5-4-8-16(11-13)23-15-6-2-1-3-7-15/h1-12,23H,(H2,24,25,26). The zero-order valence-corrected chi connectivity index (χ0v) is 14.4. The second-order valence-electron chi connectivity index (χ2n) is 5.94. The minimum atomic E-state index is -0.367. The number of H-pyrrole nitrogens is 1. The largest absolute Gasteiger partial charge is 0.506 e. The molecule has 0 unspecified atom stereocenters. The number of para-hydroxylation sites is 1. The molecule has 5 heteroatoms. The average Bonchev–Trinajstić information content (AvgIpc) is 2.62. The molecule has 0 saturated heterocycles. The van der Waals surface area contributed by atoms with Crippen molar-refractivity contribution in [1.82, 2.24) is 4.98 Å². The maximum absolute atomic E-state index is 12.6. The van der Waals surface area contributed by atoms with E-state index in [4.69, 9.17) is 11.6 Å². The summed E-state index contributed by atoms with van der Waals surface area (Å²) in [6, 6.07) is 22.1. The minimum Gasteiger partial charge on any atom is -0.506 e. The van der Waals surface area contributed by atoms with Gasteiger partial charge in [0, 0.05) is 21.8 Å². The number of benzene rings is 3. The third-order valence-corrected chi connectivity index (χ3v) is 4.40. The molecule has 0 aliphatic rings. The van der Waals surface area contributed by atoms with Crippen molar-refractivity contribution in [2.45, 2.75) is 0 Å². The molecule has 0 aliphatic heterocycles. The van der Waals surface area contributed by atoms with E-state index in [0.29, 0.717) is 21.5 Å². The summed E-state index contributed by atoms with van der Waals surface area (Å²) in [7, 11) is 0. The molecule has 0 saturated carbocycles. The Morgan fingerprint density at radius 2 is 1.65 bits per heavy atom. The number of hydrogen-bond acceptors (Lipinski definition) is 3. The first kappa shape index (κ1) is 16.2. The van der Waals surface area contributed by atoms with Gasteiger partial charge in [-0.25, -0.2) is 0 Å². The Morgan fingerprint density at radius 3 is 2.46 bits per heavy atom. The highest BCUT2D eigenvalue weighted by atomic mass is 35.5. The van der Waals surface area contributed by atoms with E-state index in [1.807, 2.05) is 48.5 Å². The Balaban J connectivity index is 1.82. The number of fused-ring (bicyclic) bond motifs is 1. The first-order valence-electron chi connectivity index (χ1n) is 8.09. The number of aromatic amines is 1. The Bertz CT molecular complexity index is 1150. The summed E-state index contributed by atoms with van der Waals surface area (Å²) >= 11 is 5.97. The van der Waals surface area contributed by atoms with E-state index < -0.39 is 0 Å². The average molecular weight is 363 g/mol. The summed E-state index contributed by atoms with van der Waals surface area (Å²) in [4.78, 5) is 15.3. The third-order valence-electron chi connectivity index (χ3n) is 4.16. The molecular weight excluding hydrogens is 348 g/mol. The normalized spacial score (nSPS) is 10.8. The van der Waals surface area contributed by atoms with Crippen LogP contribution in [0.4, 0.5) is 11.4 Å². The molecule has 0 amide bonds. The predicted molar refractivity (Wildman–Crippen MR) is 106 cm³/mol. The zero-order valence-electron chi connectivity index (χ0n) is 13.7. The summed E-state index contributed by atoms with van der Waals surface area (Å²) < 4.78 is 0. The van der Waals surface area contributed by atoms with Crippen LogP contribution in [0.1, 0.15) is 0 Å². The Kier molecular flexibility index (Phi) is 4.11. The minimum absolute atomic E-state index is 0.0581. The van der Waals surface area contributed by atoms with Crippen molar-refractivity contribution in [3.63, 3.8) is 0 Å². The fourth-order valence-corrected chi connectivity index (χ4v) is 3.13. The van der Waals surface area contributed by atoms with Crippen molar-refractivity contribution in [3.05, 3.63) is 88.2 Å². The predicted octanol–water partition coefficient (Wildman–Crippen LogP) is 5.30. The molecule has 4 nitrogen and oxygen atoms in total. The van der Waals surface area contributed by atoms with E-state index in [9.17, 15) is 9.90 Å². The van der Waals surface area contributed by atoms with Crippen LogP contribution in [0.25, 0.3) is 22.0 Å².